The van der Waals surface area contributed by atoms with Crippen LogP contribution in [0.2, 0.25) is 0 Å². The zero-order valence-corrected chi connectivity index (χ0v) is 20.0. The number of nitrogens with zero attached hydrogens (tertiary/aromatic N) is 4. The monoisotopic (exact) mass is 500 g/mol. The molecule has 8 nitrogen and oxygen atoms in total. The van der Waals surface area contributed by atoms with Crippen molar-refractivity contribution in [2.45, 2.75) is 52.6 Å². The average molecular weight is 501 g/mol. The van der Waals surface area contributed by atoms with Crippen LogP contribution in [0.4, 0.5) is 5.69 Å². The van der Waals surface area contributed by atoms with Gasteiger partial charge in [0, 0.05) is 22.0 Å². The van der Waals surface area contributed by atoms with Crippen molar-refractivity contribution in [3.05, 3.63) is 72.7 Å². The summed E-state index contributed by atoms with van der Waals surface area (Å²) in [4.78, 5) is 28.9. The van der Waals surface area contributed by atoms with Gasteiger partial charge >= 0.3 is 5.69 Å². The van der Waals surface area contributed by atoms with Crippen LogP contribution in [-0.4, -0.2) is 26.9 Å². The molecule has 0 saturated carbocycles. The van der Waals surface area contributed by atoms with Crippen LogP contribution in [-0.2, 0) is 0 Å². The Bertz CT molecular complexity index is 1240. The molecule has 32 heavy (non-hydrogen) atoms. The Morgan fingerprint density at radius 3 is 2.62 bits per heavy atom. The lowest BCUT2D eigenvalue weighted by Gasteiger charge is -2.14. The van der Waals surface area contributed by atoms with Gasteiger partial charge in [0.15, 0.2) is 5.75 Å². The van der Waals surface area contributed by atoms with Gasteiger partial charge in [0.05, 0.1) is 28.1 Å². The molecule has 0 aliphatic heterocycles. The smallest absolute Gasteiger partial charge is 0.311 e. The molecule has 1 aromatic heterocycles. The molecule has 168 valence electrons. The Hall–Kier alpha value is -3.07. The van der Waals surface area contributed by atoms with E-state index in [0.717, 1.165) is 17.3 Å². The van der Waals surface area contributed by atoms with Gasteiger partial charge in [0.25, 0.3) is 5.56 Å². The summed E-state index contributed by atoms with van der Waals surface area (Å²) in [6, 6.07) is 9.96. The summed E-state index contributed by atoms with van der Waals surface area (Å²) < 4.78 is 7.70. The summed E-state index contributed by atoms with van der Waals surface area (Å²) in [5, 5.41) is 16.4. The molecule has 0 saturated heterocycles. The highest BCUT2D eigenvalue weighted by molar-refractivity contribution is 9.10. The quantitative estimate of drug-likeness (QED) is 0.226. The lowest BCUT2D eigenvalue weighted by molar-refractivity contribution is -0.386. The van der Waals surface area contributed by atoms with E-state index in [1.807, 2.05) is 33.8 Å². The molecule has 0 spiro atoms. The van der Waals surface area contributed by atoms with E-state index in [0.29, 0.717) is 22.3 Å². The Kier molecular flexibility index (Phi) is 7.40. The molecule has 9 heteroatoms. The summed E-state index contributed by atoms with van der Waals surface area (Å²) in [5.41, 5.74) is 0.630. The SMILES string of the molecule is CC[C@@H](C)Oc1ccc(C=Nn2c([C@H](C)CC)nc3ccc(Br)cc3c2=O)cc1[N+](=O)[O-]. The van der Waals surface area contributed by atoms with Crippen LogP contribution < -0.4 is 10.3 Å². The molecule has 3 rings (SSSR count). The molecular formula is C23H25BrN4O4. The van der Waals surface area contributed by atoms with E-state index in [4.69, 9.17) is 4.74 Å². The average Bonchev–Trinajstić information content (AvgIpc) is 2.78. The molecular weight excluding hydrogens is 476 g/mol. The van der Waals surface area contributed by atoms with E-state index >= 15 is 0 Å². The van der Waals surface area contributed by atoms with Crippen molar-refractivity contribution in [1.82, 2.24) is 9.66 Å². The van der Waals surface area contributed by atoms with Crippen LogP contribution in [0, 0.1) is 10.1 Å². The minimum absolute atomic E-state index is 0.00598. The molecule has 2 aromatic carbocycles. The fourth-order valence-electron chi connectivity index (χ4n) is 3.06. The van der Waals surface area contributed by atoms with Crippen molar-refractivity contribution in [2.75, 3.05) is 0 Å². The topological polar surface area (TPSA) is 99.6 Å². The number of benzene rings is 2. The fourth-order valence-corrected chi connectivity index (χ4v) is 3.42. The zero-order valence-electron chi connectivity index (χ0n) is 18.4. The number of nitro groups is 1. The summed E-state index contributed by atoms with van der Waals surface area (Å²) in [7, 11) is 0. The molecule has 2 atom stereocenters. The fraction of sp³-hybridized carbons (Fsp3) is 0.348. The molecule has 0 bridgehead atoms. The van der Waals surface area contributed by atoms with Gasteiger partial charge in [-0.2, -0.15) is 9.78 Å². The lowest BCUT2D eigenvalue weighted by Crippen LogP contribution is -2.23. The van der Waals surface area contributed by atoms with Crippen molar-refractivity contribution in [3.8, 4) is 5.75 Å². The van der Waals surface area contributed by atoms with Gasteiger partial charge < -0.3 is 4.74 Å². The van der Waals surface area contributed by atoms with Gasteiger partial charge in [0.2, 0.25) is 0 Å². The molecule has 1 heterocycles. The first-order valence-electron chi connectivity index (χ1n) is 10.5. The number of fused-ring (bicyclic) bond motifs is 1. The maximum absolute atomic E-state index is 13.2. The van der Waals surface area contributed by atoms with E-state index in [9.17, 15) is 14.9 Å². The Morgan fingerprint density at radius 2 is 1.97 bits per heavy atom. The standard InChI is InChI=1S/C23H25BrN4O4/c1-5-14(3)22-26-19-9-8-17(24)12-18(19)23(29)27(22)25-13-16-7-10-21(32-15(4)6-2)20(11-16)28(30)31/h7-15H,5-6H2,1-4H3/t14-,15-/m1/s1. The largest absolute Gasteiger partial charge is 0.484 e. The summed E-state index contributed by atoms with van der Waals surface area (Å²) in [6.07, 6.45) is 2.79. The predicted octanol–water partition coefficient (Wildman–Crippen LogP) is 5.64. The van der Waals surface area contributed by atoms with Gasteiger partial charge in [-0.15, -0.1) is 0 Å². The van der Waals surface area contributed by atoms with E-state index in [2.05, 4.69) is 26.0 Å². The number of hydrogen-bond acceptors (Lipinski definition) is 6. The van der Waals surface area contributed by atoms with E-state index in [1.54, 1.807) is 24.3 Å². The number of aromatic nitrogens is 2. The molecule has 0 radical (unpaired) electrons. The van der Waals surface area contributed by atoms with Gasteiger partial charge in [-0.1, -0.05) is 36.7 Å². The number of nitro benzene ring substituents is 1. The number of rotatable bonds is 8. The second kappa shape index (κ2) is 10.0. The van der Waals surface area contributed by atoms with Crippen LogP contribution in [0.15, 0.2) is 50.8 Å². The highest BCUT2D eigenvalue weighted by Gasteiger charge is 2.18. The summed E-state index contributed by atoms with van der Waals surface area (Å²) in [5.74, 6) is 0.736. The minimum Gasteiger partial charge on any atom is -0.484 e. The molecule has 0 aliphatic carbocycles. The predicted molar refractivity (Wildman–Crippen MR) is 129 cm³/mol. The van der Waals surface area contributed by atoms with Crippen molar-refractivity contribution in [2.24, 2.45) is 5.10 Å². The first kappa shape index (κ1) is 23.6. The second-order valence-corrected chi connectivity index (χ2v) is 8.54. The van der Waals surface area contributed by atoms with Crippen LogP contribution in [0.1, 0.15) is 57.8 Å². The van der Waals surface area contributed by atoms with Crippen molar-refractivity contribution in [3.63, 3.8) is 0 Å². The van der Waals surface area contributed by atoms with Crippen LogP contribution >= 0.6 is 15.9 Å². The first-order chi connectivity index (χ1) is 15.2. The highest BCUT2D eigenvalue weighted by atomic mass is 79.9. The molecule has 3 aromatic rings. The van der Waals surface area contributed by atoms with Crippen molar-refractivity contribution >= 4 is 38.7 Å². The molecule has 0 N–H and O–H groups in total. The van der Waals surface area contributed by atoms with Gasteiger partial charge in [-0.3, -0.25) is 14.9 Å². The molecule has 0 fully saturated rings. The van der Waals surface area contributed by atoms with Crippen molar-refractivity contribution < 1.29 is 9.66 Å². The molecule has 0 unspecified atom stereocenters. The van der Waals surface area contributed by atoms with Gasteiger partial charge in [0.1, 0.15) is 5.82 Å². The van der Waals surface area contributed by atoms with Crippen LogP contribution in [0.25, 0.3) is 10.9 Å². The third kappa shape index (κ3) is 5.04. The van der Waals surface area contributed by atoms with Gasteiger partial charge in [-0.25, -0.2) is 4.98 Å². The maximum Gasteiger partial charge on any atom is 0.311 e. The lowest BCUT2D eigenvalue weighted by atomic mass is 10.1. The zero-order chi connectivity index (χ0) is 23.4. The third-order valence-corrected chi connectivity index (χ3v) is 5.78. The number of ether oxygens (including phenoxy) is 1. The highest BCUT2D eigenvalue weighted by Crippen LogP contribution is 2.29. The Balaban J connectivity index is 2.09. The maximum atomic E-state index is 13.2. The number of hydrogen-bond donors (Lipinski definition) is 0. The Labute approximate surface area is 194 Å². The minimum atomic E-state index is -0.485. The van der Waals surface area contributed by atoms with E-state index in [1.165, 1.54) is 17.0 Å². The second-order valence-electron chi connectivity index (χ2n) is 7.62. The number of halogens is 1. The molecule has 0 amide bonds. The summed E-state index contributed by atoms with van der Waals surface area (Å²) in [6.45, 7) is 7.79. The van der Waals surface area contributed by atoms with Gasteiger partial charge in [-0.05, 0) is 50.1 Å². The van der Waals surface area contributed by atoms with E-state index in [-0.39, 0.29) is 29.0 Å². The third-order valence-electron chi connectivity index (χ3n) is 5.29. The molecule has 0 aliphatic rings. The summed E-state index contributed by atoms with van der Waals surface area (Å²) >= 11 is 3.39. The van der Waals surface area contributed by atoms with E-state index < -0.39 is 4.92 Å². The Morgan fingerprint density at radius 1 is 1.22 bits per heavy atom. The van der Waals surface area contributed by atoms with Crippen LogP contribution in [0.3, 0.4) is 0 Å². The van der Waals surface area contributed by atoms with Crippen LogP contribution in [0.5, 0.6) is 5.75 Å². The normalized spacial score (nSPS) is 13.4. The van der Waals surface area contributed by atoms with Crippen molar-refractivity contribution in [1.29, 1.82) is 0 Å². The first-order valence-corrected chi connectivity index (χ1v) is 11.3.